The number of nitrogens with zero attached hydrogens (tertiary/aromatic N) is 1. The fraction of sp³-hybridized carbons (Fsp3) is 0.241. The molecule has 6 nitrogen and oxygen atoms in total. The molecule has 3 aromatic carbocycles. The van der Waals surface area contributed by atoms with E-state index in [0.29, 0.717) is 36.0 Å². The van der Waals surface area contributed by atoms with Gasteiger partial charge in [0.1, 0.15) is 17.3 Å². The summed E-state index contributed by atoms with van der Waals surface area (Å²) in [6, 6.07) is 19.3. The number of carbonyl (C=O) groups is 2. The van der Waals surface area contributed by atoms with E-state index in [-0.39, 0.29) is 11.3 Å². The van der Waals surface area contributed by atoms with Crippen LogP contribution >= 0.6 is 0 Å². The molecular weight excluding hydrogens is 442 g/mol. The molecule has 1 aliphatic heterocycles. The average Bonchev–Trinajstić information content (AvgIpc) is 3.10. The molecule has 180 valence electrons. The van der Waals surface area contributed by atoms with E-state index in [1.54, 1.807) is 24.3 Å². The minimum Gasteiger partial charge on any atom is -0.507 e. The SMILES string of the molecule is CCOc1ccc(/C(O)=C2/C(=O)C(=O)N(c3cccc(C)c3)C2c2cccc(C)c2)c(OCC)c1. The molecule has 1 amide bonds. The lowest BCUT2D eigenvalue weighted by Crippen LogP contribution is -2.29. The first-order valence-electron chi connectivity index (χ1n) is 11.7. The van der Waals surface area contributed by atoms with Crippen LogP contribution in [0, 0.1) is 13.8 Å². The van der Waals surface area contributed by atoms with Crippen molar-refractivity contribution in [2.24, 2.45) is 0 Å². The largest absolute Gasteiger partial charge is 0.507 e. The maximum absolute atomic E-state index is 13.4. The molecule has 3 aromatic rings. The molecule has 0 radical (unpaired) electrons. The van der Waals surface area contributed by atoms with Crippen LogP contribution in [0.25, 0.3) is 5.76 Å². The summed E-state index contributed by atoms with van der Waals surface area (Å²) in [4.78, 5) is 28.2. The molecule has 1 heterocycles. The van der Waals surface area contributed by atoms with Crippen molar-refractivity contribution in [3.8, 4) is 11.5 Å². The van der Waals surface area contributed by atoms with Crippen molar-refractivity contribution in [1.29, 1.82) is 0 Å². The number of amides is 1. The summed E-state index contributed by atoms with van der Waals surface area (Å²) in [5, 5.41) is 11.5. The quantitative estimate of drug-likeness (QED) is 0.271. The average molecular weight is 472 g/mol. The van der Waals surface area contributed by atoms with Crippen molar-refractivity contribution in [2.45, 2.75) is 33.7 Å². The third kappa shape index (κ3) is 4.64. The van der Waals surface area contributed by atoms with Crippen LogP contribution in [0.3, 0.4) is 0 Å². The first kappa shape index (κ1) is 24.1. The normalized spacial score (nSPS) is 17.0. The van der Waals surface area contributed by atoms with Crippen molar-refractivity contribution in [1.82, 2.24) is 0 Å². The van der Waals surface area contributed by atoms with Crippen molar-refractivity contribution < 1.29 is 24.2 Å². The predicted molar refractivity (Wildman–Crippen MR) is 136 cm³/mol. The Hall–Kier alpha value is -4.06. The van der Waals surface area contributed by atoms with Gasteiger partial charge in [-0.25, -0.2) is 0 Å². The van der Waals surface area contributed by atoms with Crippen molar-refractivity contribution >= 4 is 23.1 Å². The monoisotopic (exact) mass is 471 g/mol. The fourth-order valence-electron chi connectivity index (χ4n) is 4.41. The van der Waals surface area contributed by atoms with E-state index in [1.165, 1.54) is 4.90 Å². The maximum Gasteiger partial charge on any atom is 0.300 e. The van der Waals surface area contributed by atoms with Crippen LogP contribution in [0.1, 0.15) is 42.1 Å². The number of rotatable bonds is 7. The number of hydrogen-bond acceptors (Lipinski definition) is 5. The zero-order valence-corrected chi connectivity index (χ0v) is 20.4. The number of hydrogen-bond donors (Lipinski definition) is 1. The molecular formula is C29H29NO5. The molecule has 0 bridgehead atoms. The zero-order valence-electron chi connectivity index (χ0n) is 20.4. The van der Waals surface area contributed by atoms with Crippen LogP contribution in [0.4, 0.5) is 5.69 Å². The van der Waals surface area contributed by atoms with Gasteiger partial charge >= 0.3 is 0 Å². The lowest BCUT2D eigenvalue weighted by molar-refractivity contribution is -0.132. The Labute approximate surface area is 205 Å². The molecule has 1 saturated heterocycles. The first-order valence-corrected chi connectivity index (χ1v) is 11.7. The van der Waals surface area contributed by atoms with Gasteiger partial charge in [0.05, 0.1) is 30.4 Å². The summed E-state index contributed by atoms with van der Waals surface area (Å²) < 4.78 is 11.3. The van der Waals surface area contributed by atoms with Gasteiger partial charge in [-0.1, -0.05) is 42.0 Å². The van der Waals surface area contributed by atoms with Gasteiger partial charge in [-0.3, -0.25) is 14.5 Å². The third-order valence-corrected chi connectivity index (χ3v) is 5.90. The molecule has 1 fully saturated rings. The number of aryl methyl sites for hydroxylation is 2. The highest BCUT2D eigenvalue weighted by Gasteiger charge is 2.47. The fourth-order valence-corrected chi connectivity index (χ4v) is 4.41. The van der Waals surface area contributed by atoms with E-state index < -0.39 is 17.7 Å². The topological polar surface area (TPSA) is 76.1 Å². The lowest BCUT2D eigenvalue weighted by atomic mass is 9.94. The third-order valence-electron chi connectivity index (χ3n) is 5.90. The number of carbonyl (C=O) groups excluding carboxylic acids is 2. The molecule has 1 unspecified atom stereocenters. The Morgan fingerprint density at radius 1 is 0.886 bits per heavy atom. The highest BCUT2D eigenvalue weighted by atomic mass is 16.5. The van der Waals surface area contributed by atoms with E-state index >= 15 is 0 Å². The van der Waals surface area contributed by atoms with Gasteiger partial charge < -0.3 is 14.6 Å². The van der Waals surface area contributed by atoms with Gasteiger partial charge in [0, 0.05) is 11.8 Å². The van der Waals surface area contributed by atoms with Gasteiger partial charge in [0.2, 0.25) is 0 Å². The molecule has 1 aliphatic rings. The Balaban J connectivity index is 1.95. The van der Waals surface area contributed by atoms with Crippen molar-refractivity contribution in [2.75, 3.05) is 18.1 Å². The second kappa shape index (κ2) is 10.1. The van der Waals surface area contributed by atoms with Crippen LogP contribution < -0.4 is 14.4 Å². The Bertz CT molecular complexity index is 1310. The molecule has 4 rings (SSSR count). The summed E-state index contributed by atoms with van der Waals surface area (Å²) in [5.74, 6) is -0.750. The van der Waals surface area contributed by atoms with Crippen LogP contribution in [-0.2, 0) is 9.59 Å². The Morgan fingerprint density at radius 2 is 1.57 bits per heavy atom. The molecule has 0 spiro atoms. The first-order chi connectivity index (χ1) is 16.8. The Morgan fingerprint density at radius 3 is 2.23 bits per heavy atom. The van der Waals surface area contributed by atoms with E-state index in [2.05, 4.69) is 0 Å². The number of aliphatic hydroxyl groups excluding tert-OH is 1. The smallest absolute Gasteiger partial charge is 0.300 e. The van der Waals surface area contributed by atoms with Gasteiger partial charge in [0.15, 0.2) is 0 Å². The van der Waals surface area contributed by atoms with E-state index in [9.17, 15) is 14.7 Å². The van der Waals surface area contributed by atoms with Crippen molar-refractivity contribution in [3.63, 3.8) is 0 Å². The van der Waals surface area contributed by atoms with Crippen molar-refractivity contribution in [3.05, 3.63) is 94.6 Å². The van der Waals surface area contributed by atoms with Gasteiger partial charge in [-0.05, 0) is 63.1 Å². The summed E-state index contributed by atoms with van der Waals surface area (Å²) in [6.45, 7) is 8.42. The second-order valence-corrected chi connectivity index (χ2v) is 8.45. The molecule has 6 heteroatoms. The lowest BCUT2D eigenvalue weighted by Gasteiger charge is -2.26. The van der Waals surface area contributed by atoms with Gasteiger partial charge in [0.25, 0.3) is 11.7 Å². The number of ketones is 1. The minimum atomic E-state index is -0.794. The van der Waals surface area contributed by atoms with Crippen LogP contribution in [0.2, 0.25) is 0 Å². The van der Waals surface area contributed by atoms with Crippen LogP contribution in [0.5, 0.6) is 11.5 Å². The maximum atomic E-state index is 13.4. The highest BCUT2D eigenvalue weighted by molar-refractivity contribution is 6.51. The second-order valence-electron chi connectivity index (χ2n) is 8.45. The molecule has 0 saturated carbocycles. The number of ether oxygens (including phenoxy) is 2. The summed E-state index contributed by atoms with van der Waals surface area (Å²) >= 11 is 0. The standard InChI is InChI=1S/C29H29NO5/c1-5-34-22-13-14-23(24(17-22)35-6-2)27(31)25-26(20-11-7-9-18(3)15-20)30(29(33)28(25)32)21-12-8-10-19(4)16-21/h7-17,26,31H,5-6H2,1-4H3/b27-25-. The highest BCUT2D eigenvalue weighted by Crippen LogP contribution is 2.44. The van der Waals surface area contributed by atoms with E-state index in [0.717, 1.165) is 16.7 Å². The van der Waals surface area contributed by atoms with Crippen LogP contribution in [0.15, 0.2) is 72.3 Å². The number of anilines is 1. The number of Topliss-reactive ketones (excluding diaryl/α,β-unsaturated/α-hetero) is 1. The molecule has 1 N–H and O–H groups in total. The van der Waals surface area contributed by atoms with E-state index in [4.69, 9.17) is 9.47 Å². The van der Waals surface area contributed by atoms with Gasteiger partial charge in [-0.15, -0.1) is 0 Å². The number of aliphatic hydroxyl groups is 1. The van der Waals surface area contributed by atoms with Crippen LogP contribution in [-0.4, -0.2) is 30.0 Å². The molecule has 0 aromatic heterocycles. The molecule has 1 atom stereocenters. The predicted octanol–water partition coefficient (Wildman–Crippen LogP) is 5.73. The number of benzene rings is 3. The summed E-state index contributed by atoms with van der Waals surface area (Å²) in [7, 11) is 0. The molecule has 35 heavy (non-hydrogen) atoms. The summed E-state index contributed by atoms with van der Waals surface area (Å²) in [5.41, 5.74) is 3.61. The van der Waals surface area contributed by atoms with Gasteiger partial charge in [-0.2, -0.15) is 0 Å². The summed E-state index contributed by atoms with van der Waals surface area (Å²) in [6.07, 6.45) is 0. The zero-order chi connectivity index (χ0) is 25.1. The molecule has 0 aliphatic carbocycles. The van der Waals surface area contributed by atoms with E-state index in [1.807, 2.05) is 70.2 Å². The minimum absolute atomic E-state index is 0.0206. The Kier molecular flexibility index (Phi) is 6.92.